The van der Waals surface area contributed by atoms with Gasteiger partial charge in [0.25, 0.3) is 5.91 Å². The van der Waals surface area contributed by atoms with Gasteiger partial charge in [-0.1, -0.05) is 30.3 Å². The lowest BCUT2D eigenvalue weighted by molar-refractivity contribution is -0.144. The molecule has 0 aliphatic carbocycles. The van der Waals surface area contributed by atoms with E-state index < -0.39 is 6.10 Å². The first kappa shape index (κ1) is 15.9. The van der Waals surface area contributed by atoms with Gasteiger partial charge >= 0.3 is 0 Å². The van der Waals surface area contributed by atoms with Crippen molar-refractivity contribution in [2.45, 2.75) is 19.1 Å². The summed E-state index contributed by atoms with van der Waals surface area (Å²) in [6, 6.07) is 9.57. The summed E-state index contributed by atoms with van der Waals surface area (Å²) in [5.74, 6) is 0.0143. The first-order valence-corrected chi connectivity index (χ1v) is 7.38. The number of hydrogen-bond donors (Lipinski definition) is 1. The third kappa shape index (κ3) is 4.27. The molecule has 0 bridgehead atoms. The third-order valence-corrected chi connectivity index (χ3v) is 3.77. The van der Waals surface area contributed by atoms with Gasteiger partial charge in [0.1, 0.15) is 0 Å². The SMILES string of the molecule is CO[C@H](C(=O)N1CCN(C[C@@H](C)O)CC1)c1ccccc1. The molecule has 1 aliphatic heterocycles. The summed E-state index contributed by atoms with van der Waals surface area (Å²) >= 11 is 0. The number of amides is 1. The van der Waals surface area contributed by atoms with E-state index in [2.05, 4.69) is 4.90 Å². The van der Waals surface area contributed by atoms with Crippen LogP contribution in [0.4, 0.5) is 0 Å². The Kier molecular flexibility index (Phi) is 5.73. The van der Waals surface area contributed by atoms with Crippen LogP contribution in [-0.4, -0.2) is 66.8 Å². The van der Waals surface area contributed by atoms with Gasteiger partial charge in [-0.15, -0.1) is 0 Å². The normalized spacial score (nSPS) is 19.3. The van der Waals surface area contributed by atoms with Crippen LogP contribution in [0.5, 0.6) is 0 Å². The minimum atomic E-state index is -0.533. The molecule has 2 atom stereocenters. The van der Waals surface area contributed by atoms with Crippen molar-refractivity contribution < 1.29 is 14.6 Å². The Balaban J connectivity index is 1.94. The molecule has 0 radical (unpaired) electrons. The number of carbonyl (C=O) groups excluding carboxylic acids is 1. The number of hydrogen-bond acceptors (Lipinski definition) is 4. The number of benzene rings is 1. The summed E-state index contributed by atoms with van der Waals surface area (Å²) in [4.78, 5) is 16.6. The van der Waals surface area contributed by atoms with E-state index in [4.69, 9.17) is 4.74 Å². The lowest BCUT2D eigenvalue weighted by atomic mass is 10.1. The maximum Gasteiger partial charge on any atom is 0.256 e. The molecule has 1 fully saturated rings. The molecule has 21 heavy (non-hydrogen) atoms. The van der Waals surface area contributed by atoms with Gasteiger partial charge in [0.15, 0.2) is 6.10 Å². The van der Waals surface area contributed by atoms with Gasteiger partial charge in [-0.05, 0) is 12.5 Å². The highest BCUT2D eigenvalue weighted by Gasteiger charge is 2.28. The predicted octanol–water partition coefficient (Wildman–Crippen LogP) is 0.899. The van der Waals surface area contributed by atoms with Crippen LogP contribution in [0.1, 0.15) is 18.6 Å². The number of methoxy groups -OCH3 is 1. The van der Waals surface area contributed by atoms with Crippen molar-refractivity contribution in [2.24, 2.45) is 0 Å². The minimum absolute atomic E-state index is 0.0143. The molecule has 0 spiro atoms. The first-order chi connectivity index (χ1) is 10.1. The van der Waals surface area contributed by atoms with E-state index in [0.717, 1.165) is 18.7 Å². The predicted molar refractivity (Wildman–Crippen MR) is 80.9 cm³/mol. The van der Waals surface area contributed by atoms with E-state index in [0.29, 0.717) is 19.6 Å². The van der Waals surface area contributed by atoms with Crippen LogP contribution in [0.15, 0.2) is 30.3 Å². The van der Waals surface area contributed by atoms with Gasteiger partial charge in [0, 0.05) is 39.8 Å². The van der Waals surface area contributed by atoms with Crippen molar-refractivity contribution in [3.05, 3.63) is 35.9 Å². The van der Waals surface area contributed by atoms with Gasteiger partial charge in [-0.2, -0.15) is 0 Å². The van der Waals surface area contributed by atoms with Crippen molar-refractivity contribution in [3.63, 3.8) is 0 Å². The summed E-state index contributed by atoms with van der Waals surface area (Å²) in [5.41, 5.74) is 0.886. The van der Waals surface area contributed by atoms with Gasteiger partial charge < -0.3 is 14.7 Å². The molecule has 1 aromatic rings. The van der Waals surface area contributed by atoms with E-state index in [1.807, 2.05) is 35.2 Å². The van der Waals surface area contributed by atoms with E-state index in [1.54, 1.807) is 14.0 Å². The second-order valence-electron chi connectivity index (χ2n) is 5.50. The average Bonchev–Trinajstić information content (AvgIpc) is 2.49. The largest absolute Gasteiger partial charge is 0.392 e. The Labute approximate surface area is 126 Å². The maximum atomic E-state index is 12.6. The molecular weight excluding hydrogens is 268 g/mol. The number of ether oxygens (including phenoxy) is 1. The Morgan fingerprint density at radius 2 is 1.86 bits per heavy atom. The number of aliphatic hydroxyl groups is 1. The van der Waals surface area contributed by atoms with Crippen LogP contribution in [0, 0.1) is 0 Å². The highest BCUT2D eigenvalue weighted by Crippen LogP contribution is 2.20. The van der Waals surface area contributed by atoms with E-state index in [9.17, 15) is 9.90 Å². The van der Waals surface area contributed by atoms with Gasteiger partial charge in [0.05, 0.1) is 6.10 Å². The average molecular weight is 292 g/mol. The zero-order valence-corrected chi connectivity index (χ0v) is 12.7. The number of piperazine rings is 1. The molecule has 2 rings (SSSR count). The summed E-state index contributed by atoms with van der Waals surface area (Å²) in [5, 5.41) is 9.41. The number of nitrogens with zero attached hydrogens (tertiary/aromatic N) is 2. The van der Waals surface area contributed by atoms with Crippen molar-refractivity contribution >= 4 is 5.91 Å². The van der Waals surface area contributed by atoms with Gasteiger partial charge in [0.2, 0.25) is 0 Å². The third-order valence-electron chi connectivity index (χ3n) is 3.77. The number of carbonyl (C=O) groups is 1. The summed E-state index contributed by atoms with van der Waals surface area (Å²) in [7, 11) is 1.57. The Hall–Kier alpha value is -1.43. The number of rotatable bonds is 5. The molecule has 1 aromatic carbocycles. The number of β-amino-alcohol motifs (C(OH)–C–C–N with tert-alkyl or cyclic N) is 1. The molecule has 0 aromatic heterocycles. The van der Waals surface area contributed by atoms with E-state index >= 15 is 0 Å². The lowest BCUT2D eigenvalue weighted by Crippen LogP contribution is -2.51. The molecule has 0 unspecified atom stereocenters. The van der Waals surface area contributed by atoms with Crippen molar-refractivity contribution in [2.75, 3.05) is 39.8 Å². The van der Waals surface area contributed by atoms with Gasteiger partial charge in [-0.3, -0.25) is 9.69 Å². The standard InChI is InChI=1S/C16H24N2O3/c1-13(19)12-17-8-10-18(11-9-17)16(20)15(21-2)14-6-4-3-5-7-14/h3-7,13,15,19H,8-12H2,1-2H3/t13-,15+/m1/s1. The Morgan fingerprint density at radius 1 is 1.24 bits per heavy atom. The molecule has 1 saturated heterocycles. The number of aliphatic hydroxyl groups excluding tert-OH is 1. The topological polar surface area (TPSA) is 53.0 Å². The zero-order chi connectivity index (χ0) is 15.2. The molecule has 1 N–H and O–H groups in total. The van der Waals surface area contributed by atoms with Crippen molar-refractivity contribution in [3.8, 4) is 0 Å². The van der Waals surface area contributed by atoms with Crippen LogP contribution in [-0.2, 0) is 9.53 Å². The van der Waals surface area contributed by atoms with E-state index in [1.165, 1.54) is 0 Å². The van der Waals surface area contributed by atoms with Crippen LogP contribution in [0.25, 0.3) is 0 Å². The molecule has 116 valence electrons. The monoisotopic (exact) mass is 292 g/mol. The Morgan fingerprint density at radius 3 is 2.38 bits per heavy atom. The highest BCUT2D eigenvalue weighted by atomic mass is 16.5. The molecule has 5 heteroatoms. The molecular formula is C16H24N2O3. The quantitative estimate of drug-likeness (QED) is 0.876. The second kappa shape index (κ2) is 7.54. The highest BCUT2D eigenvalue weighted by molar-refractivity contribution is 5.82. The zero-order valence-electron chi connectivity index (χ0n) is 12.7. The summed E-state index contributed by atoms with van der Waals surface area (Å²) in [6.07, 6.45) is -0.863. The van der Waals surface area contributed by atoms with Crippen LogP contribution >= 0.6 is 0 Å². The molecule has 0 saturated carbocycles. The fourth-order valence-electron chi connectivity index (χ4n) is 2.70. The smallest absolute Gasteiger partial charge is 0.256 e. The fraction of sp³-hybridized carbons (Fsp3) is 0.562. The fourth-order valence-corrected chi connectivity index (χ4v) is 2.70. The van der Waals surface area contributed by atoms with Crippen molar-refractivity contribution in [1.82, 2.24) is 9.80 Å². The van der Waals surface area contributed by atoms with Crippen LogP contribution < -0.4 is 0 Å². The Bertz CT molecular complexity index is 442. The van der Waals surface area contributed by atoms with Crippen LogP contribution in [0.3, 0.4) is 0 Å². The van der Waals surface area contributed by atoms with E-state index in [-0.39, 0.29) is 12.0 Å². The van der Waals surface area contributed by atoms with Crippen molar-refractivity contribution in [1.29, 1.82) is 0 Å². The molecule has 1 amide bonds. The molecule has 1 heterocycles. The molecule has 1 aliphatic rings. The maximum absolute atomic E-state index is 12.6. The summed E-state index contributed by atoms with van der Waals surface area (Å²) < 4.78 is 5.40. The summed E-state index contributed by atoms with van der Waals surface area (Å²) in [6.45, 7) is 5.39. The first-order valence-electron chi connectivity index (χ1n) is 7.38. The lowest BCUT2D eigenvalue weighted by Gasteiger charge is -2.36. The minimum Gasteiger partial charge on any atom is -0.392 e. The second-order valence-corrected chi connectivity index (χ2v) is 5.50. The van der Waals surface area contributed by atoms with Gasteiger partial charge in [-0.25, -0.2) is 0 Å². The molecule has 5 nitrogen and oxygen atoms in total. The van der Waals surface area contributed by atoms with Crippen LogP contribution in [0.2, 0.25) is 0 Å².